The molecular weight excluding hydrogens is 181 g/mol. The summed E-state index contributed by atoms with van der Waals surface area (Å²) in [6, 6.07) is 4.22. The van der Waals surface area contributed by atoms with Gasteiger partial charge in [0, 0.05) is 5.56 Å². The van der Waals surface area contributed by atoms with Gasteiger partial charge in [-0.1, -0.05) is 19.1 Å². The van der Waals surface area contributed by atoms with Crippen LogP contribution >= 0.6 is 0 Å². The number of nitrogens with two attached hydrogens (primary N) is 1. The average molecular weight is 197 g/mol. The highest BCUT2D eigenvalue weighted by Gasteiger charge is 2.18. The first-order valence-electron chi connectivity index (χ1n) is 4.76. The molecule has 0 saturated carbocycles. The van der Waals surface area contributed by atoms with Crippen molar-refractivity contribution in [2.45, 2.75) is 32.4 Å². The quantitative estimate of drug-likeness (QED) is 0.777. The molecule has 0 aliphatic rings. The second-order valence-electron chi connectivity index (χ2n) is 3.53. The van der Waals surface area contributed by atoms with Gasteiger partial charge in [0.05, 0.1) is 12.1 Å². The van der Waals surface area contributed by atoms with Crippen LogP contribution in [0.5, 0.6) is 0 Å². The van der Waals surface area contributed by atoms with Crippen LogP contribution in [0.2, 0.25) is 0 Å². The standard InChI is InChI=1S/C11H16FNO/c1-3-10(14)11(13)8-5-4-7(2)6-9(8)12/h4-6,10-11,14H,3,13H2,1-2H3/t10-,11+/m0/s1. The second kappa shape index (κ2) is 4.53. The average Bonchev–Trinajstić information content (AvgIpc) is 2.15. The smallest absolute Gasteiger partial charge is 0.128 e. The minimum Gasteiger partial charge on any atom is -0.391 e. The van der Waals surface area contributed by atoms with Crippen LogP contribution in [0, 0.1) is 12.7 Å². The van der Waals surface area contributed by atoms with Crippen LogP contribution in [0.15, 0.2) is 18.2 Å². The Labute approximate surface area is 83.6 Å². The zero-order chi connectivity index (χ0) is 10.7. The van der Waals surface area contributed by atoms with Gasteiger partial charge in [0.15, 0.2) is 0 Å². The van der Waals surface area contributed by atoms with Crippen molar-refractivity contribution in [2.75, 3.05) is 0 Å². The lowest BCUT2D eigenvalue weighted by Crippen LogP contribution is -2.26. The molecule has 2 nitrogen and oxygen atoms in total. The van der Waals surface area contributed by atoms with Gasteiger partial charge in [-0.2, -0.15) is 0 Å². The summed E-state index contributed by atoms with van der Waals surface area (Å²) < 4.78 is 13.4. The Bertz CT molecular complexity index is 314. The van der Waals surface area contributed by atoms with Crippen LogP contribution in [0.25, 0.3) is 0 Å². The van der Waals surface area contributed by atoms with Crippen molar-refractivity contribution in [2.24, 2.45) is 5.73 Å². The molecule has 14 heavy (non-hydrogen) atoms. The second-order valence-corrected chi connectivity index (χ2v) is 3.53. The molecule has 0 unspecified atom stereocenters. The number of rotatable bonds is 3. The molecule has 1 aromatic rings. The molecule has 0 amide bonds. The number of aliphatic hydroxyl groups is 1. The van der Waals surface area contributed by atoms with Crippen LogP contribution in [0.4, 0.5) is 4.39 Å². The third-order valence-corrected chi connectivity index (χ3v) is 2.35. The summed E-state index contributed by atoms with van der Waals surface area (Å²) in [5, 5.41) is 9.48. The number of benzene rings is 1. The van der Waals surface area contributed by atoms with E-state index in [9.17, 15) is 9.50 Å². The first kappa shape index (κ1) is 11.1. The summed E-state index contributed by atoms with van der Waals surface area (Å²) in [5.41, 5.74) is 6.94. The Hall–Kier alpha value is -0.930. The van der Waals surface area contributed by atoms with Gasteiger partial charge in [0.2, 0.25) is 0 Å². The molecule has 0 saturated heterocycles. The number of aliphatic hydroxyl groups excluding tert-OH is 1. The highest BCUT2D eigenvalue weighted by molar-refractivity contribution is 5.26. The SMILES string of the molecule is CC[C@H](O)[C@H](N)c1ccc(C)cc1F. The molecule has 78 valence electrons. The van der Waals surface area contributed by atoms with Crippen molar-refractivity contribution < 1.29 is 9.50 Å². The van der Waals surface area contributed by atoms with Gasteiger partial charge in [-0.3, -0.25) is 0 Å². The monoisotopic (exact) mass is 197 g/mol. The van der Waals surface area contributed by atoms with Gasteiger partial charge in [0.1, 0.15) is 5.82 Å². The van der Waals surface area contributed by atoms with E-state index in [1.165, 1.54) is 6.07 Å². The zero-order valence-electron chi connectivity index (χ0n) is 8.50. The van der Waals surface area contributed by atoms with E-state index in [4.69, 9.17) is 5.73 Å². The first-order chi connectivity index (χ1) is 6.56. The molecule has 0 fully saturated rings. The van der Waals surface area contributed by atoms with Crippen LogP contribution < -0.4 is 5.73 Å². The lowest BCUT2D eigenvalue weighted by atomic mass is 9.99. The van der Waals surface area contributed by atoms with Crippen molar-refractivity contribution in [3.8, 4) is 0 Å². The highest BCUT2D eigenvalue weighted by atomic mass is 19.1. The van der Waals surface area contributed by atoms with E-state index >= 15 is 0 Å². The molecule has 1 rings (SSSR count). The van der Waals surface area contributed by atoms with Gasteiger partial charge >= 0.3 is 0 Å². The summed E-state index contributed by atoms with van der Waals surface area (Å²) in [5.74, 6) is -0.343. The largest absolute Gasteiger partial charge is 0.391 e. The minimum absolute atomic E-state index is 0.343. The summed E-state index contributed by atoms with van der Waals surface area (Å²) in [7, 11) is 0. The summed E-state index contributed by atoms with van der Waals surface area (Å²) in [4.78, 5) is 0. The maximum Gasteiger partial charge on any atom is 0.128 e. The molecular formula is C11H16FNO. The fourth-order valence-electron chi connectivity index (χ4n) is 1.36. The van der Waals surface area contributed by atoms with Crippen molar-refractivity contribution >= 4 is 0 Å². The normalized spacial score (nSPS) is 15.2. The molecule has 3 heteroatoms. The third-order valence-electron chi connectivity index (χ3n) is 2.35. The molecule has 3 N–H and O–H groups in total. The van der Waals surface area contributed by atoms with Crippen molar-refractivity contribution in [1.29, 1.82) is 0 Å². The van der Waals surface area contributed by atoms with Gasteiger partial charge in [-0.05, 0) is 25.0 Å². The van der Waals surface area contributed by atoms with Crippen LogP contribution in [-0.4, -0.2) is 11.2 Å². The van der Waals surface area contributed by atoms with Crippen LogP contribution in [0.1, 0.15) is 30.5 Å². The fraction of sp³-hybridized carbons (Fsp3) is 0.455. The first-order valence-corrected chi connectivity index (χ1v) is 4.76. The fourth-order valence-corrected chi connectivity index (χ4v) is 1.36. The number of hydrogen-bond donors (Lipinski definition) is 2. The summed E-state index contributed by atoms with van der Waals surface area (Å²) in [6.45, 7) is 3.63. The van der Waals surface area contributed by atoms with Crippen molar-refractivity contribution in [3.05, 3.63) is 35.1 Å². The number of hydrogen-bond acceptors (Lipinski definition) is 2. The summed E-state index contributed by atoms with van der Waals surface area (Å²) >= 11 is 0. The molecule has 0 aliphatic carbocycles. The predicted octanol–water partition coefficient (Wildman–Crippen LogP) is 1.90. The molecule has 0 radical (unpaired) electrons. The molecule has 0 heterocycles. The minimum atomic E-state index is -0.688. The van der Waals surface area contributed by atoms with Gasteiger partial charge < -0.3 is 10.8 Å². The van der Waals surface area contributed by atoms with Gasteiger partial charge in [0.25, 0.3) is 0 Å². The lowest BCUT2D eigenvalue weighted by molar-refractivity contribution is 0.139. The Balaban J connectivity index is 2.95. The van der Waals surface area contributed by atoms with Gasteiger partial charge in [-0.25, -0.2) is 4.39 Å². The highest BCUT2D eigenvalue weighted by Crippen LogP contribution is 2.20. The molecule has 0 aliphatic heterocycles. The van der Waals surface area contributed by atoms with E-state index in [0.29, 0.717) is 12.0 Å². The Kier molecular flexibility index (Phi) is 3.61. The van der Waals surface area contributed by atoms with Gasteiger partial charge in [-0.15, -0.1) is 0 Å². The van der Waals surface area contributed by atoms with E-state index in [-0.39, 0.29) is 5.82 Å². The molecule has 0 aromatic heterocycles. The summed E-state index contributed by atoms with van der Waals surface area (Å²) in [6.07, 6.45) is -0.165. The lowest BCUT2D eigenvalue weighted by Gasteiger charge is -2.18. The Morgan fingerprint density at radius 1 is 1.50 bits per heavy atom. The van der Waals surface area contributed by atoms with E-state index in [2.05, 4.69) is 0 Å². The third kappa shape index (κ3) is 2.30. The topological polar surface area (TPSA) is 46.2 Å². The number of aryl methyl sites for hydroxylation is 1. The van der Waals surface area contributed by atoms with Crippen LogP contribution in [-0.2, 0) is 0 Å². The Morgan fingerprint density at radius 3 is 2.64 bits per heavy atom. The molecule has 0 spiro atoms. The van der Waals surface area contributed by atoms with E-state index < -0.39 is 12.1 Å². The predicted molar refractivity (Wildman–Crippen MR) is 54.4 cm³/mol. The van der Waals surface area contributed by atoms with Crippen LogP contribution in [0.3, 0.4) is 0 Å². The maximum atomic E-state index is 13.4. The van der Waals surface area contributed by atoms with Crippen molar-refractivity contribution in [1.82, 2.24) is 0 Å². The van der Waals surface area contributed by atoms with E-state index in [0.717, 1.165) is 5.56 Å². The molecule has 2 atom stereocenters. The van der Waals surface area contributed by atoms with E-state index in [1.54, 1.807) is 12.1 Å². The van der Waals surface area contributed by atoms with Crippen molar-refractivity contribution in [3.63, 3.8) is 0 Å². The number of halogens is 1. The molecule has 1 aromatic carbocycles. The van der Waals surface area contributed by atoms with E-state index in [1.807, 2.05) is 13.8 Å². The molecule has 0 bridgehead atoms. The Morgan fingerprint density at radius 2 is 2.14 bits per heavy atom. The zero-order valence-corrected chi connectivity index (χ0v) is 8.50. The maximum absolute atomic E-state index is 13.4.